The topological polar surface area (TPSA) is 393 Å². The van der Waals surface area contributed by atoms with Crippen molar-refractivity contribution in [3.8, 4) is 40.2 Å². The Morgan fingerprint density at radius 2 is 1.09 bits per heavy atom. The van der Waals surface area contributed by atoms with Crippen LogP contribution < -0.4 is 18.9 Å². The van der Waals surface area contributed by atoms with E-state index in [0.29, 0.717) is 5.56 Å². The van der Waals surface area contributed by atoms with Gasteiger partial charge in [-0.05, 0) is 29.8 Å². The molecular weight excluding hydrogens is 916 g/mol. The number of phenols is 3. The molecule has 0 saturated carbocycles. The van der Waals surface area contributed by atoms with Crippen LogP contribution in [0, 0.1) is 0 Å². The molecule has 0 amide bonds. The maximum atomic E-state index is 13.1. The van der Waals surface area contributed by atoms with Gasteiger partial charge in [0.25, 0.3) is 0 Å². The highest BCUT2D eigenvalue weighted by Crippen LogP contribution is 2.46. The summed E-state index contributed by atoms with van der Waals surface area (Å²) >= 11 is 0. The number of hydrogen-bond acceptors (Lipinski definition) is 25. The summed E-state index contributed by atoms with van der Waals surface area (Å²) in [6.07, 6.45) is -31.9. The highest BCUT2D eigenvalue weighted by atomic mass is 16.8. The van der Waals surface area contributed by atoms with Gasteiger partial charge in [0.15, 0.2) is 66.3 Å². The average Bonchev–Trinajstić information content (AvgIpc) is 3.32. The van der Waals surface area contributed by atoms with Gasteiger partial charge >= 0.3 is 0 Å². The zero-order valence-corrected chi connectivity index (χ0v) is 35.7. The van der Waals surface area contributed by atoms with Crippen LogP contribution in [0.3, 0.4) is 0 Å². The fourth-order valence-electron chi connectivity index (χ4n) is 8.64. The first-order chi connectivity index (χ1) is 32.5. The summed E-state index contributed by atoms with van der Waals surface area (Å²) in [5.41, 5.74) is 0.287. The Bertz CT molecular complexity index is 2240. The highest BCUT2D eigenvalue weighted by Gasteiger charge is 2.54. The number of Topliss-reactive ketones (excluding diaryl/α,β-unsaturated/α-hetero) is 1. The summed E-state index contributed by atoms with van der Waals surface area (Å²) in [7, 11) is 1.32. The van der Waals surface area contributed by atoms with Gasteiger partial charge in [0.2, 0.25) is 5.78 Å². The molecular formula is C43H52O25. The number of aliphatic hydroxyl groups excluding tert-OH is 11. The van der Waals surface area contributed by atoms with Crippen molar-refractivity contribution in [2.24, 2.45) is 0 Å². The van der Waals surface area contributed by atoms with Crippen LogP contribution >= 0.6 is 0 Å². The summed E-state index contributed by atoms with van der Waals surface area (Å²) in [6.45, 7) is -3.03. The molecule has 19 atom stereocenters. The molecule has 14 N–H and O–H groups in total. The van der Waals surface area contributed by atoms with Gasteiger partial charge in [0, 0.05) is 17.7 Å². The maximum absolute atomic E-state index is 13.1. The summed E-state index contributed by atoms with van der Waals surface area (Å²) in [5, 5.41) is 147. The van der Waals surface area contributed by atoms with Gasteiger partial charge in [-0.3, -0.25) is 4.79 Å². The second kappa shape index (κ2) is 20.3. The first-order valence-corrected chi connectivity index (χ1v) is 21.2. The third-order valence-electron chi connectivity index (χ3n) is 12.3. The minimum atomic E-state index is -2.04. The van der Waals surface area contributed by atoms with E-state index >= 15 is 0 Å². The Hall–Kier alpha value is -4.75. The normalized spacial score (nSPS) is 38.1. The number of benzene rings is 3. The van der Waals surface area contributed by atoms with Gasteiger partial charge in [-0.1, -0.05) is 12.1 Å². The Kier molecular flexibility index (Phi) is 14.8. The second-order valence-electron chi connectivity index (χ2n) is 16.7. The largest absolute Gasteiger partial charge is 0.508 e. The minimum Gasteiger partial charge on any atom is -0.508 e. The Labute approximate surface area is 384 Å². The van der Waals surface area contributed by atoms with Crippen LogP contribution in [0.1, 0.15) is 33.7 Å². The van der Waals surface area contributed by atoms with Crippen LogP contribution in [-0.4, -0.2) is 215 Å². The average molecular weight is 969 g/mol. The molecule has 5 aliphatic heterocycles. The molecule has 5 aliphatic rings. The first kappa shape index (κ1) is 49.7. The number of carbonyl (C=O) groups excluding carboxylic acids is 1. The number of methoxy groups -OCH3 is 1. The van der Waals surface area contributed by atoms with Crippen molar-refractivity contribution in [3.63, 3.8) is 0 Å². The number of aromatic hydroxyl groups is 3. The number of phenolic OH excluding ortho intramolecular Hbond substituents is 3. The molecule has 3 fully saturated rings. The van der Waals surface area contributed by atoms with Crippen molar-refractivity contribution in [1.29, 1.82) is 0 Å². The molecule has 0 spiro atoms. The number of aliphatic hydroxyl groups is 11. The molecule has 3 aromatic rings. The van der Waals surface area contributed by atoms with E-state index in [1.807, 2.05) is 0 Å². The predicted octanol–water partition coefficient (Wildman–Crippen LogP) is -4.16. The third kappa shape index (κ3) is 9.34. The molecule has 3 saturated heterocycles. The standard InChI is InChI=1S/C43H52O25/c1-59-20-6-14(2-4-17(20)48)37-26(61-19-5-3-15(7-21(19)62-37)38-31(53)29(51)27-18(49)8-16(47)9-22(27)63-38)13-60-41-35(57)32(54)39(24(11-45)65-41)68-43-36(58)33(55)40(25(12-46)66-43)67-42-34(56)30(52)28(50)23(10-44)64-42/h2-9,23-26,28,30-50,52-58H,10-13H2,1H3/t23-,24-,25-,26+,28-,30+,31+,32-,33-,34-,35-,36-,37+,38-,39-,40-,41-,42-,43-/m1/s1. The Morgan fingerprint density at radius 3 is 1.72 bits per heavy atom. The molecule has 0 unspecified atom stereocenters. The van der Waals surface area contributed by atoms with Crippen molar-refractivity contribution >= 4 is 5.78 Å². The lowest BCUT2D eigenvalue weighted by Gasteiger charge is -2.48. The summed E-state index contributed by atoms with van der Waals surface area (Å²) in [6, 6.07) is 10.7. The Balaban J connectivity index is 0.963. The molecule has 25 heteroatoms. The van der Waals surface area contributed by atoms with Gasteiger partial charge in [0.05, 0.1) is 33.5 Å². The molecule has 5 heterocycles. The van der Waals surface area contributed by atoms with Gasteiger partial charge in [0.1, 0.15) is 96.1 Å². The van der Waals surface area contributed by atoms with Gasteiger partial charge in [-0.25, -0.2) is 0 Å². The number of rotatable bonds is 13. The van der Waals surface area contributed by atoms with E-state index < -0.39 is 154 Å². The number of ether oxygens (including phenoxy) is 10. The molecule has 3 aromatic carbocycles. The number of ketones is 1. The fraction of sp³-hybridized carbons (Fsp3) is 0.558. The fourth-order valence-corrected chi connectivity index (χ4v) is 8.64. The van der Waals surface area contributed by atoms with Crippen molar-refractivity contribution in [2.75, 3.05) is 33.5 Å². The van der Waals surface area contributed by atoms with Gasteiger partial charge in [-0.2, -0.15) is 0 Å². The summed E-state index contributed by atoms with van der Waals surface area (Å²) < 4.78 is 58.0. The van der Waals surface area contributed by atoms with Crippen LogP contribution in [0.15, 0.2) is 48.5 Å². The molecule has 0 radical (unpaired) electrons. The molecule has 0 aromatic heterocycles. The van der Waals surface area contributed by atoms with Crippen molar-refractivity contribution in [1.82, 2.24) is 0 Å². The lowest BCUT2D eigenvalue weighted by atomic mass is 9.92. The van der Waals surface area contributed by atoms with Crippen molar-refractivity contribution < 1.29 is 124 Å². The molecule has 374 valence electrons. The van der Waals surface area contributed by atoms with E-state index in [-0.39, 0.29) is 45.6 Å². The second-order valence-corrected chi connectivity index (χ2v) is 16.7. The number of hydrogen-bond donors (Lipinski definition) is 14. The molecule has 68 heavy (non-hydrogen) atoms. The zero-order chi connectivity index (χ0) is 48.9. The molecule has 0 bridgehead atoms. The highest BCUT2D eigenvalue weighted by molar-refractivity contribution is 6.05. The van der Waals surface area contributed by atoms with Crippen LogP contribution in [-0.2, 0) is 28.4 Å². The van der Waals surface area contributed by atoms with Crippen molar-refractivity contribution in [3.05, 3.63) is 65.2 Å². The summed E-state index contributed by atoms with van der Waals surface area (Å²) in [4.78, 5) is 13.1. The molecule has 25 nitrogen and oxygen atoms in total. The van der Waals surface area contributed by atoms with Crippen molar-refractivity contribution in [2.45, 2.75) is 117 Å². The maximum Gasteiger partial charge on any atom is 0.202 e. The van der Waals surface area contributed by atoms with Crippen LogP contribution in [0.2, 0.25) is 0 Å². The van der Waals surface area contributed by atoms with Crippen LogP contribution in [0.5, 0.6) is 40.2 Å². The predicted molar refractivity (Wildman–Crippen MR) is 217 cm³/mol. The smallest absolute Gasteiger partial charge is 0.202 e. The van der Waals surface area contributed by atoms with E-state index in [0.717, 1.165) is 12.1 Å². The van der Waals surface area contributed by atoms with Gasteiger partial charge < -0.3 is 119 Å². The van der Waals surface area contributed by atoms with E-state index in [9.17, 15) is 76.3 Å². The van der Waals surface area contributed by atoms with Gasteiger partial charge in [-0.15, -0.1) is 0 Å². The van der Waals surface area contributed by atoms with E-state index in [4.69, 9.17) is 47.4 Å². The quantitative estimate of drug-likeness (QED) is 0.0773. The number of carbonyl (C=O) groups is 1. The third-order valence-corrected chi connectivity index (χ3v) is 12.3. The molecule has 0 aliphatic carbocycles. The van der Waals surface area contributed by atoms with Crippen LogP contribution in [0.4, 0.5) is 0 Å². The first-order valence-electron chi connectivity index (χ1n) is 21.2. The van der Waals surface area contributed by atoms with E-state index in [1.54, 1.807) is 0 Å². The lowest BCUT2D eigenvalue weighted by Crippen LogP contribution is -2.66. The zero-order valence-electron chi connectivity index (χ0n) is 35.7. The molecule has 8 rings (SSSR count). The van der Waals surface area contributed by atoms with E-state index in [1.165, 1.54) is 43.5 Å². The Morgan fingerprint density at radius 1 is 0.529 bits per heavy atom. The monoisotopic (exact) mass is 968 g/mol. The number of fused-ring (bicyclic) bond motifs is 2. The lowest BCUT2D eigenvalue weighted by molar-refractivity contribution is -0.379. The van der Waals surface area contributed by atoms with Crippen LogP contribution in [0.25, 0.3) is 0 Å². The van der Waals surface area contributed by atoms with E-state index in [2.05, 4.69) is 0 Å². The minimum absolute atomic E-state index is 0.0560. The summed E-state index contributed by atoms with van der Waals surface area (Å²) in [5.74, 6) is -1.95. The SMILES string of the molecule is COc1cc([C@@H]2Oc3cc([C@H]4Oc5cc(O)cc(O)c5C(=O)[C@@H]4O)ccc3O[C@H]2CO[C@@H]2O[C@H](CO)[C@@H](O[C@H]3O[C@H](CO)[C@@H](O[C@H]4O[C@H](CO)[C@@H](O)[C@H](O)[C@H]4O)[C@H](O)[C@H]3O)[C@H](O)[C@H]2O)ccc1O.